The van der Waals surface area contributed by atoms with Gasteiger partial charge in [0.15, 0.2) is 0 Å². The van der Waals surface area contributed by atoms with Gasteiger partial charge in [0, 0.05) is 44.3 Å². The van der Waals surface area contributed by atoms with Crippen molar-refractivity contribution < 1.29 is 133 Å². The fraction of sp³-hybridized carbons (Fsp3) is 0.700. The standard InChI is InChI=1S/C30H39F17O13Si4/c1-8-20(48)51-13-16-54-62(5)57-61(4,58-63(6,55-17-14-52-21(49)9-2)60-64(7,59-62)56-18-15-53-22(50)10-3)19-11-12-23(31,32)24(33,34)25(35,36)26(37,38)27(39,40)28(41,42)29(43,44)30(45,46)47/h8-10H,1-3,11-19H2,4-7H3. The molecule has 0 N–H and O–H groups in total. The molecule has 0 aromatic carbocycles. The summed E-state index contributed by atoms with van der Waals surface area (Å²) < 4.78 is 292. The second-order valence-electron chi connectivity index (χ2n) is 13.3. The van der Waals surface area contributed by atoms with Crippen LogP contribution in [0.2, 0.25) is 32.2 Å². The first-order valence-electron chi connectivity index (χ1n) is 17.5. The van der Waals surface area contributed by atoms with Gasteiger partial charge in [-0.1, -0.05) is 19.7 Å². The number of hydrogen-bond donors (Lipinski definition) is 0. The maximum absolute atomic E-state index is 15.0. The Balaban J connectivity index is 3.70. The van der Waals surface area contributed by atoms with Gasteiger partial charge in [-0.25, -0.2) is 14.4 Å². The van der Waals surface area contributed by atoms with Crippen molar-refractivity contribution in [2.45, 2.75) is 92.7 Å². The van der Waals surface area contributed by atoms with E-state index in [-0.39, 0.29) is 0 Å². The van der Waals surface area contributed by atoms with Crippen LogP contribution in [0.15, 0.2) is 38.0 Å². The number of rotatable bonds is 25. The van der Waals surface area contributed by atoms with Crippen molar-refractivity contribution in [1.29, 1.82) is 0 Å². The highest BCUT2D eigenvalue weighted by Crippen LogP contribution is 2.64. The van der Waals surface area contributed by atoms with Gasteiger partial charge in [0.05, 0.1) is 19.8 Å². The molecule has 0 radical (unpaired) electrons. The van der Waals surface area contributed by atoms with Gasteiger partial charge in [-0.05, 0) is 19.0 Å². The second kappa shape index (κ2) is 20.9. The van der Waals surface area contributed by atoms with Crippen LogP contribution in [0.25, 0.3) is 0 Å². The zero-order valence-electron chi connectivity index (χ0n) is 33.4. The summed E-state index contributed by atoms with van der Waals surface area (Å²) in [4.78, 5) is 34.6. The predicted octanol–water partition coefficient (Wildman–Crippen LogP) is 7.87. The summed E-state index contributed by atoms with van der Waals surface area (Å²) in [5.41, 5.74) is 0. The average Bonchev–Trinajstić information content (AvgIpc) is 3.14. The zero-order chi connectivity index (χ0) is 50.3. The lowest BCUT2D eigenvalue weighted by Gasteiger charge is -2.47. The third-order valence-electron chi connectivity index (χ3n) is 8.03. The lowest BCUT2D eigenvalue weighted by molar-refractivity contribution is -0.461. The molecule has 0 amide bonds. The van der Waals surface area contributed by atoms with E-state index < -0.39 is 159 Å². The zero-order valence-corrected chi connectivity index (χ0v) is 37.4. The summed E-state index contributed by atoms with van der Waals surface area (Å²) in [5.74, 6) is -60.5. The molecule has 2 unspecified atom stereocenters. The van der Waals surface area contributed by atoms with Gasteiger partial charge < -0.3 is 43.9 Å². The van der Waals surface area contributed by atoms with Crippen LogP contribution >= 0.6 is 0 Å². The topological polar surface area (TPSA) is 144 Å². The van der Waals surface area contributed by atoms with E-state index in [9.17, 15) is 89.0 Å². The van der Waals surface area contributed by atoms with Gasteiger partial charge >= 0.3 is 101 Å². The molecule has 1 heterocycles. The molecule has 0 spiro atoms. The lowest BCUT2D eigenvalue weighted by atomic mass is 9.88. The van der Waals surface area contributed by atoms with Gasteiger partial charge in [0.2, 0.25) is 0 Å². The molecule has 1 aliphatic rings. The molecule has 1 rings (SSSR count). The van der Waals surface area contributed by atoms with Gasteiger partial charge in [-0.2, -0.15) is 74.6 Å². The Hall–Kier alpha value is -2.97. The Kier molecular flexibility index (Phi) is 19.3. The molecule has 64 heavy (non-hydrogen) atoms. The average molecular weight is 1040 g/mol. The van der Waals surface area contributed by atoms with Crippen molar-refractivity contribution in [2.75, 3.05) is 39.6 Å². The fourth-order valence-electron chi connectivity index (χ4n) is 5.09. The van der Waals surface area contributed by atoms with Gasteiger partial charge in [-0.3, -0.25) is 0 Å². The van der Waals surface area contributed by atoms with Crippen molar-refractivity contribution in [3.05, 3.63) is 38.0 Å². The molecule has 0 bridgehead atoms. The number of ether oxygens (including phenoxy) is 3. The number of hydrogen-bond acceptors (Lipinski definition) is 13. The second-order valence-corrected chi connectivity index (χ2v) is 25.4. The van der Waals surface area contributed by atoms with Crippen LogP contribution in [0.3, 0.4) is 0 Å². The molecule has 0 aliphatic carbocycles. The van der Waals surface area contributed by atoms with Crippen LogP contribution in [0.4, 0.5) is 74.6 Å². The highest BCUT2D eigenvalue weighted by molar-refractivity contribution is 6.89. The molecule has 2 atom stereocenters. The molecule has 1 aliphatic heterocycles. The van der Waals surface area contributed by atoms with Gasteiger partial charge in [0.1, 0.15) is 19.8 Å². The normalized spacial score (nSPS) is 24.5. The molecular weight excluding hydrogens is 1000 g/mol. The number of esters is 3. The van der Waals surface area contributed by atoms with Crippen LogP contribution in [-0.2, 0) is 58.3 Å². The van der Waals surface area contributed by atoms with Gasteiger partial charge in [-0.15, -0.1) is 0 Å². The quantitative estimate of drug-likeness (QED) is 0.0219. The van der Waals surface area contributed by atoms with Crippen molar-refractivity contribution in [3.8, 4) is 0 Å². The van der Waals surface area contributed by atoms with Crippen molar-refractivity contribution in [3.63, 3.8) is 0 Å². The first-order valence-corrected chi connectivity index (χ1v) is 26.7. The molecule has 0 aromatic heterocycles. The fourth-order valence-corrected chi connectivity index (χ4v) is 23.3. The van der Waals surface area contributed by atoms with Crippen molar-refractivity contribution in [1.82, 2.24) is 0 Å². The van der Waals surface area contributed by atoms with E-state index in [1.54, 1.807) is 0 Å². The van der Waals surface area contributed by atoms with E-state index in [0.717, 1.165) is 44.4 Å². The molecule has 13 nitrogen and oxygen atoms in total. The maximum Gasteiger partial charge on any atom is 0.483 e. The highest BCUT2D eigenvalue weighted by atomic mass is 28.5. The van der Waals surface area contributed by atoms with Crippen molar-refractivity contribution >= 4 is 52.9 Å². The molecule has 1 fully saturated rings. The van der Waals surface area contributed by atoms with Crippen LogP contribution in [-0.4, -0.2) is 140 Å². The minimum absolute atomic E-state index is 0.495. The number of alkyl halides is 17. The van der Waals surface area contributed by atoms with Crippen LogP contribution in [0, 0.1) is 0 Å². The largest absolute Gasteiger partial charge is 0.483 e. The summed E-state index contributed by atoms with van der Waals surface area (Å²) in [6.07, 6.45) is -10.1. The van der Waals surface area contributed by atoms with E-state index in [0.29, 0.717) is 0 Å². The monoisotopic (exact) mass is 1040 g/mol. The first kappa shape index (κ1) is 59.0. The van der Waals surface area contributed by atoms with E-state index in [1.807, 2.05) is 0 Å². The predicted molar refractivity (Wildman–Crippen MR) is 187 cm³/mol. The molecule has 0 saturated carbocycles. The van der Waals surface area contributed by atoms with Crippen molar-refractivity contribution in [2.24, 2.45) is 0 Å². The van der Waals surface area contributed by atoms with Crippen LogP contribution < -0.4 is 0 Å². The number of halogens is 17. The van der Waals surface area contributed by atoms with Crippen LogP contribution in [0.5, 0.6) is 0 Å². The third-order valence-corrected chi connectivity index (χ3v) is 23.8. The highest BCUT2D eigenvalue weighted by Gasteiger charge is 2.95. The Morgan fingerprint density at radius 2 is 0.734 bits per heavy atom. The Labute approximate surface area is 356 Å². The smallest absolute Gasteiger partial charge is 0.460 e. The summed E-state index contributed by atoms with van der Waals surface area (Å²) in [7, 11) is -18.3. The maximum atomic E-state index is 15.0. The molecule has 0 aromatic rings. The first-order chi connectivity index (χ1) is 28.6. The van der Waals surface area contributed by atoms with Crippen LogP contribution in [0.1, 0.15) is 12.8 Å². The summed E-state index contributed by atoms with van der Waals surface area (Å²) in [5, 5.41) is 0. The molecule has 34 heteroatoms. The number of carbonyl (C=O) groups is 3. The summed E-state index contributed by atoms with van der Waals surface area (Å²) >= 11 is 0. The third kappa shape index (κ3) is 13.3. The molecule has 372 valence electrons. The van der Waals surface area contributed by atoms with E-state index in [2.05, 4.69) is 19.7 Å². The van der Waals surface area contributed by atoms with E-state index >= 15 is 0 Å². The molecular formula is C30H39F17O13Si4. The minimum atomic E-state index is -8.79. The Morgan fingerprint density at radius 3 is 1.03 bits per heavy atom. The lowest BCUT2D eigenvalue weighted by Crippen LogP contribution is -2.74. The molecule has 1 saturated heterocycles. The SMILES string of the molecule is C=CC(=O)OCCO[Si]1(C)O[Si](C)(CCCC(F)(F)C(F)(F)C(F)(F)C(F)(F)C(F)(F)C(F)(F)C(F)(F)C(F)(F)F)O[Si](C)(OCCOC(=O)C=C)O[Si](C)(OCCOC(=O)C=C)O1. The Bertz CT molecular complexity index is 1630. The Morgan fingerprint density at radius 1 is 0.453 bits per heavy atom. The minimum Gasteiger partial charge on any atom is -0.460 e. The van der Waals surface area contributed by atoms with E-state index in [1.165, 1.54) is 0 Å². The number of carbonyl (C=O) groups excluding carboxylic acids is 3. The van der Waals surface area contributed by atoms with E-state index in [4.69, 9.17) is 43.9 Å². The van der Waals surface area contributed by atoms with Gasteiger partial charge in [0.25, 0.3) is 0 Å². The summed E-state index contributed by atoms with van der Waals surface area (Å²) in [6, 6.07) is -1.20. The summed E-state index contributed by atoms with van der Waals surface area (Å²) in [6.45, 7) is 10.2.